The highest BCUT2D eigenvalue weighted by Crippen LogP contribution is 2.15. The molecular weight excluding hydrogens is 383 g/mol. The van der Waals surface area contributed by atoms with Crippen molar-refractivity contribution in [2.75, 3.05) is 25.6 Å². The highest BCUT2D eigenvalue weighted by Gasteiger charge is 2.12. The monoisotopic (exact) mass is 407 g/mol. The highest BCUT2D eigenvalue weighted by molar-refractivity contribution is 6.58. The number of nitrogens with zero attached hydrogens (tertiary/aromatic N) is 2. The van der Waals surface area contributed by atoms with Gasteiger partial charge in [0, 0.05) is 31.9 Å². The normalized spacial score (nSPS) is 10.4. The van der Waals surface area contributed by atoms with E-state index >= 15 is 0 Å². The lowest BCUT2D eigenvalue weighted by atomic mass is 9.80. The molecule has 0 aliphatic rings. The van der Waals surface area contributed by atoms with Gasteiger partial charge in [0.05, 0.1) is 5.56 Å². The topological polar surface area (TPSA) is 83.1 Å². The number of esters is 1. The third kappa shape index (κ3) is 5.82. The number of hydrogen-bond donors (Lipinski definition) is 2. The smallest absolute Gasteiger partial charge is 0.487 e. The van der Waals surface area contributed by atoms with Crippen LogP contribution >= 0.6 is 0 Å². The lowest BCUT2D eigenvalue weighted by molar-refractivity contribution is -0.697. The number of anilines is 1. The van der Waals surface area contributed by atoms with Crippen molar-refractivity contribution in [2.45, 2.75) is 6.54 Å². The van der Waals surface area contributed by atoms with Crippen molar-refractivity contribution < 1.29 is 28.9 Å². The summed E-state index contributed by atoms with van der Waals surface area (Å²) in [5, 5.41) is 18.2. The Kier molecular flexibility index (Phi) is 7.05. The second-order valence-corrected chi connectivity index (χ2v) is 6.89. The molecule has 2 N–H and O–H groups in total. The van der Waals surface area contributed by atoms with Crippen LogP contribution in [-0.4, -0.2) is 43.8 Å². The third-order valence-corrected chi connectivity index (χ3v) is 4.49. The van der Waals surface area contributed by atoms with Crippen LogP contribution in [-0.2, 0) is 6.54 Å². The fraction of sp³-hybridized carbons (Fsp3) is 0.182. The zero-order valence-corrected chi connectivity index (χ0v) is 16.9. The fourth-order valence-corrected chi connectivity index (χ4v) is 2.73. The Bertz CT molecular complexity index is 958. The average Bonchev–Trinajstić information content (AvgIpc) is 2.75. The summed E-state index contributed by atoms with van der Waals surface area (Å²) >= 11 is 0. The summed E-state index contributed by atoms with van der Waals surface area (Å²) in [6.45, 7) is 1.20. The van der Waals surface area contributed by atoms with Crippen LogP contribution in [0.2, 0.25) is 0 Å². The van der Waals surface area contributed by atoms with Gasteiger partial charge in [-0.25, -0.2) is 9.36 Å². The van der Waals surface area contributed by atoms with Crippen LogP contribution in [0.3, 0.4) is 0 Å². The van der Waals surface area contributed by atoms with Crippen molar-refractivity contribution >= 4 is 24.2 Å². The SMILES string of the molecule is CN(C)c1cc[n+](CCOc2ccc(C(=O)Oc3ccc(B(O)O)cc3)cc2)cc1. The van der Waals surface area contributed by atoms with Gasteiger partial charge in [-0.15, -0.1) is 0 Å². The number of hydrogen-bond acceptors (Lipinski definition) is 6. The Hall–Kier alpha value is -3.36. The minimum atomic E-state index is -1.56. The van der Waals surface area contributed by atoms with E-state index in [9.17, 15) is 4.79 Å². The largest absolute Gasteiger partial charge is 0.488 e. The van der Waals surface area contributed by atoms with Gasteiger partial charge in [0.1, 0.15) is 18.1 Å². The molecule has 0 fully saturated rings. The Morgan fingerprint density at radius 1 is 0.933 bits per heavy atom. The Morgan fingerprint density at radius 2 is 1.53 bits per heavy atom. The summed E-state index contributed by atoms with van der Waals surface area (Å²) < 4.78 is 13.1. The zero-order chi connectivity index (χ0) is 21.5. The molecule has 2 aromatic carbocycles. The number of benzene rings is 2. The van der Waals surface area contributed by atoms with Gasteiger partial charge in [0.25, 0.3) is 0 Å². The van der Waals surface area contributed by atoms with Crippen LogP contribution in [0.5, 0.6) is 11.5 Å². The first-order valence-corrected chi connectivity index (χ1v) is 9.50. The molecule has 0 atom stereocenters. The molecule has 1 heterocycles. The predicted octanol–water partition coefficient (Wildman–Crippen LogP) is 1.02. The lowest BCUT2D eigenvalue weighted by Crippen LogP contribution is -2.35. The van der Waals surface area contributed by atoms with Gasteiger partial charge in [-0.2, -0.15) is 0 Å². The van der Waals surface area contributed by atoms with Gasteiger partial charge in [0.15, 0.2) is 18.9 Å². The molecule has 8 heteroatoms. The number of rotatable bonds is 8. The molecule has 154 valence electrons. The molecule has 0 bridgehead atoms. The number of ether oxygens (including phenoxy) is 2. The first-order chi connectivity index (χ1) is 14.4. The summed E-state index contributed by atoms with van der Waals surface area (Å²) in [6, 6.07) is 16.8. The van der Waals surface area contributed by atoms with Gasteiger partial charge in [-0.3, -0.25) is 0 Å². The molecular formula is C22H24BN2O5+. The fourth-order valence-electron chi connectivity index (χ4n) is 2.73. The minimum absolute atomic E-state index is 0.321. The van der Waals surface area contributed by atoms with E-state index in [0.29, 0.717) is 35.7 Å². The van der Waals surface area contributed by atoms with Gasteiger partial charge in [-0.05, 0) is 41.9 Å². The van der Waals surface area contributed by atoms with Gasteiger partial charge in [-0.1, -0.05) is 12.1 Å². The van der Waals surface area contributed by atoms with Gasteiger partial charge < -0.3 is 24.4 Å². The van der Waals surface area contributed by atoms with E-state index in [0.717, 1.165) is 5.69 Å². The Labute approximate surface area is 175 Å². The standard InChI is InChI=1S/C22H24BN2O5/c1-24(2)19-11-13-25(14-12-19)15-16-29-20-7-3-17(4-8-20)22(26)30-21-9-5-18(6-10-21)23(27)28/h3-14,27-28H,15-16H2,1-2H3/q+1. The van der Waals surface area contributed by atoms with Gasteiger partial charge in [0.2, 0.25) is 0 Å². The first kappa shape index (κ1) is 21.4. The molecule has 0 saturated heterocycles. The maximum Gasteiger partial charge on any atom is 0.488 e. The van der Waals surface area contributed by atoms with Crippen molar-refractivity contribution in [2.24, 2.45) is 0 Å². The molecule has 0 unspecified atom stereocenters. The van der Waals surface area contributed by atoms with Crippen molar-refractivity contribution in [1.29, 1.82) is 0 Å². The molecule has 7 nitrogen and oxygen atoms in total. The van der Waals surface area contributed by atoms with Crippen LogP contribution in [0.4, 0.5) is 5.69 Å². The van der Waals surface area contributed by atoms with Crippen molar-refractivity contribution in [3.63, 3.8) is 0 Å². The van der Waals surface area contributed by atoms with Crippen molar-refractivity contribution in [3.8, 4) is 11.5 Å². The Balaban J connectivity index is 1.49. The van der Waals surface area contributed by atoms with E-state index in [2.05, 4.69) is 0 Å². The molecule has 0 aliphatic carbocycles. The van der Waals surface area contributed by atoms with E-state index in [-0.39, 0.29) is 0 Å². The van der Waals surface area contributed by atoms with E-state index in [1.165, 1.54) is 24.3 Å². The van der Waals surface area contributed by atoms with Crippen LogP contribution in [0, 0.1) is 0 Å². The quantitative estimate of drug-likeness (QED) is 0.251. The second kappa shape index (κ2) is 9.91. The molecule has 30 heavy (non-hydrogen) atoms. The summed E-state index contributed by atoms with van der Waals surface area (Å²) in [4.78, 5) is 14.3. The van der Waals surface area contributed by atoms with E-state index in [1.807, 2.05) is 48.1 Å². The van der Waals surface area contributed by atoms with Crippen LogP contribution < -0.4 is 24.4 Å². The third-order valence-electron chi connectivity index (χ3n) is 4.49. The molecule has 0 spiro atoms. The van der Waals surface area contributed by atoms with Crippen molar-refractivity contribution in [1.82, 2.24) is 0 Å². The van der Waals surface area contributed by atoms with Crippen LogP contribution in [0.15, 0.2) is 73.1 Å². The average molecular weight is 407 g/mol. The zero-order valence-electron chi connectivity index (χ0n) is 16.9. The molecule has 0 radical (unpaired) electrons. The number of carbonyl (C=O) groups excluding carboxylic acids is 1. The molecule has 0 amide bonds. The second-order valence-electron chi connectivity index (χ2n) is 6.89. The molecule has 3 aromatic rings. The molecule has 0 saturated carbocycles. The maximum atomic E-state index is 12.3. The Morgan fingerprint density at radius 3 is 2.10 bits per heavy atom. The molecule has 0 aliphatic heterocycles. The first-order valence-electron chi connectivity index (χ1n) is 9.50. The van der Waals surface area contributed by atoms with E-state index < -0.39 is 13.1 Å². The number of carbonyl (C=O) groups is 1. The number of aromatic nitrogens is 1. The van der Waals surface area contributed by atoms with E-state index in [4.69, 9.17) is 19.5 Å². The maximum absolute atomic E-state index is 12.3. The van der Waals surface area contributed by atoms with Crippen LogP contribution in [0.1, 0.15) is 10.4 Å². The summed E-state index contributed by atoms with van der Waals surface area (Å²) in [5.74, 6) is 0.482. The molecule has 3 rings (SSSR count). The predicted molar refractivity (Wildman–Crippen MR) is 114 cm³/mol. The van der Waals surface area contributed by atoms with Crippen LogP contribution in [0.25, 0.3) is 0 Å². The molecule has 1 aromatic heterocycles. The van der Waals surface area contributed by atoms with Gasteiger partial charge >= 0.3 is 13.1 Å². The number of pyridine rings is 1. The lowest BCUT2D eigenvalue weighted by Gasteiger charge is -2.10. The summed E-state index contributed by atoms with van der Waals surface area (Å²) in [6.07, 6.45) is 4.01. The summed E-state index contributed by atoms with van der Waals surface area (Å²) in [5.41, 5.74) is 1.85. The van der Waals surface area contributed by atoms with Crippen molar-refractivity contribution in [3.05, 3.63) is 78.6 Å². The summed E-state index contributed by atoms with van der Waals surface area (Å²) in [7, 11) is 2.44. The minimum Gasteiger partial charge on any atom is -0.487 e. The highest BCUT2D eigenvalue weighted by atomic mass is 16.5. The van der Waals surface area contributed by atoms with E-state index in [1.54, 1.807) is 24.3 Å².